The van der Waals surface area contributed by atoms with Crippen LogP contribution in [0.5, 0.6) is 0 Å². The minimum Gasteiger partial charge on any atom is -0.327 e. The highest BCUT2D eigenvalue weighted by Crippen LogP contribution is 2.40. The number of rotatable bonds is 6. The van der Waals surface area contributed by atoms with E-state index in [4.69, 9.17) is 5.73 Å². The van der Waals surface area contributed by atoms with E-state index in [-0.39, 0.29) is 0 Å². The van der Waals surface area contributed by atoms with Gasteiger partial charge >= 0.3 is 0 Å². The second kappa shape index (κ2) is 8.38. The van der Waals surface area contributed by atoms with Crippen molar-refractivity contribution in [3.8, 4) is 0 Å². The van der Waals surface area contributed by atoms with Crippen molar-refractivity contribution < 1.29 is 0 Å². The minimum absolute atomic E-state index is 0.342. The second-order valence-electron chi connectivity index (χ2n) is 7.09. The third-order valence-corrected chi connectivity index (χ3v) is 4.46. The molecular formula is C20H33N. The highest BCUT2D eigenvalue weighted by atomic mass is 14.5. The Morgan fingerprint density at radius 1 is 1.38 bits per heavy atom. The molecule has 21 heavy (non-hydrogen) atoms. The molecule has 0 aliphatic heterocycles. The first kappa shape index (κ1) is 18.0. The van der Waals surface area contributed by atoms with Crippen molar-refractivity contribution in [2.75, 3.05) is 6.54 Å². The lowest BCUT2D eigenvalue weighted by atomic mass is 9.72. The van der Waals surface area contributed by atoms with Crippen LogP contribution >= 0.6 is 0 Å². The van der Waals surface area contributed by atoms with Gasteiger partial charge in [0.2, 0.25) is 0 Å². The van der Waals surface area contributed by atoms with E-state index in [1.807, 2.05) is 0 Å². The van der Waals surface area contributed by atoms with Crippen molar-refractivity contribution in [1.82, 2.24) is 0 Å². The maximum atomic E-state index is 5.50. The van der Waals surface area contributed by atoms with Crippen LogP contribution in [0, 0.1) is 11.3 Å². The standard InChI is InChI=1S/C20H33N/c1-16(8-6-9-17(2)13-15-21)11-12-19-18(3)10-7-14-20(19,4)5/h6,9,11-13,16H,7-8,10,14-15,21H2,1-5H3/b9-6+,12-11+,17-13+. The summed E-state index contributed by atoms with van der Waals surface area (Å²) in [5.74, 6) is 0.574. The van der Waals surface area contributed by atoms with Gasteiger partial charge in [0, 0.05) is 6.54 Å². The summed E-state index contributed by atoms with van der Waals surface area (Å²) in [4.78, 5) is 0. The van der Waals surface area contributed by atoms with Crippen molar-refractivity contribution in [2.24, 2.45) is 17.1 Å². The molecule has 0 spiro atoms. The summed E-state index contributed by atoms with van der Waals surface area (Å²) in [5, 5.41) is 0. The molecule has 0 radical (unpaired) electrons. The molecule has 1 aliphatic carbocycles. The smallest absolute Gasteiger partial charge is 0.0112 e. The number of hydrogen-bond donors (Lipinski definition) is 1. The molecule has 0 fully saturated rings. The number of hydrogen-bond acceptors (Lipinski definition) is 1. The zero-order valence-corrected chi connectivity index (χ0v) is 14.6. The first-order chi connectivity index (χ1) is 9.86. The highest BCUT2D eigenvalue weighted by Gasteiger charge is 2.26. The predicted molar refractivity (Wildman–Crippen MR) is 95.2 cm³/mol. The lowest BCUT2D eigenvalue weighted by Crippen LogP contribution is -2.19. The Morgan fingerprint density at radius 3 is 2.71 bits per heavy atom. The summed E-state index contributed by atoms with van der Waals surface area (Å²) < 4.78 is 0. The van der Waals surface area contributed by atoms with Gasteiger partial charge < -0.3 is 5.73 Å². The third kappa shape index (κ3) is 6.05. The lowest BCUT2D eigenvalue weighted by Gasteiger charge is -2.33. The van der Waals surface area contributed by atoms with Crippen LogP contribution in [0.15, 0.2) is 47.1 Å². The lowest BCUT2D eigenvalue weighted by molar-refractivity contribution is 0.376. The Labute approximate surface area is 131 Å². The van der Waals surface area contributed by atoms with E-state index in [1.165, 1.54) is 24.8 Å². The van der Waals surface area contributed by atoms with Crippen LogP contribution in [0.1, 0.15) is 60.3 Å². The van der Waals surface area contributed by atoms with Crippen molar-refractivity contribution >= 4 is 0 Å². The largest absolute Gasteiger partial charge is 0.327 e. The molecule has 0 saturated heterocycles. The molecule has 0 aromatic carbocycles. The molecule has 1 unspecified atom stereocenters. The molecular weight excluding hydrogens is 254 g/mol. The van der Waals surface area contributed by atoms with E-state index < -0.39 is 0 Å². The van der Waals surface area contributed by atoms with Gasteiger partial charge in [-0.2, -0.15) is 0 Å². The fraction of sp³-hybridized carbons (Fsp3) is 0.600. The maximum Gasteiger partial charge on any atom is 0.0112 e. The zero-order valence-electron chi connectivity index (χ0n) is 14.6. The van der Waals surface area contributed by atoms with Crippen molar-refractivity contribution in [3.63, 3.8) is 0 Å². The van der Waals surface area contributed by atoms with Crippen LogP contribution in [-0.2, 0) is 0 Å². The van der Waals surface area contributed by atoms with Gasteiger partial charge in [-0.15, -0.1) is 0 Å². The van der Waals surface area contributed by atoms with Crippen LogP contribution in [0.4, 0.5) is 0 Å². The summed E-state index contributed by atoms with van der Waals surface area (Å²) in [5.41, 5.74) is 10.2. The van der Waals surface area contributed by atoms with E-state index in [1.54, 1.807) is 11.1 Å². The minimum atomic E-state index is 0.342. The zero-order chi connectivity index (χ0) is 15.9. The molecule has 2 N–H and O–H groups in total. The molecule has 0 bridgehead atoms. The van der Waals surface area contributed by atoms with Gasteiger partial charge in [0.05, 0.1) is 0 Å². The normalized spacial score (nSPS) is 21.5. The summed E-state index contributed by atoms with van der Waals surface area (Å²) in [7, 11) is 0. The Hall–Kier alpha value is -1.08. The van der Waals surface area contributed by atoms with Crippen LogP contribution in [0.2, 0.25) is 0 Å². The van der Waals surface area contributed by atoms with Crippen LogP contribution in [0.3, 0.4) is 0 Å². The Kier molecular flexibility index (Phi) is 7.17. The quantitative estimate of drug-likeness (QED) is 0.636. The van der Waals surface area contributed by atoms with Crippen LogP contribution in [0.25, 0.3) is 0 Å². The molecule has 0 aromatic heterocycles. The topological polar surface area (TPSA) is 26.0 Å². The first-order valence-electron chi connectivity index (χ1n) is 8.28. The number of nitrogens with two attached hydrogens (primary N) is 1. The van der Waals surface area contributed by atoms with Gasteiger partial charge in [-0.25, -0.2) is 0 Å². The molecule has 0 amide bonds. The van der Waals surface area contributed by atoms with Gasteiger partial charge in [-0.1, -0.05) is 62.3 Å². The summed E-state index contributed by atoms with van der Waals surface area (Å²) in [6, 6.07) is 0. The molecule has 1 aliphatic rings. The highest BCUT2D eigenvalue weighted by molar-refractivity contribution is 5.32. The second-order valence-corrected chi connectivity index (χ2v) is 7.09. The predicted octanol–water partition coefficient (Wildman–Crippen LogP) is 5.56. The average molecular weight is 287 g/mol. The van der Waals surface area contributed by atoms with Gasteiger partial charge in [0.1, 0.15) is 0 Å². The summed E-state index contributed by atoms with van der Waals surface area (Å²) in [6.07, 6.45) is 16.2. The van der Waals surface area contributed by atoms with E-state index in [0.29, 0.717) is 17.9 Å². The van der Waals surface area contributed by atoms with Gasteiger partial charge in [-0.3, -0.25) is 0 Å². The van der Waals surface area contributed by atoms with Gasteiger partial charge in [0.25, 0.3) is 0 Å². The van der Waals surface area contributed by atoms with E-state index in [9.17, 15) is 0 Å². The molecule has 118 valence electrons. The molecule has 1 rings (SSSR count). The van der Waals surface area contributed by atoms with Crippen LogP contribution < -0.4 is 5.73 Å². The molecule has 1 heteroatoms. The van der Waals surface area contributed by atoms with E-state index in [2.05, 4.69) is 65.0 Å². The third-order valence-electron chi connectivity index (χ3n) is 4.46. The monoisotopic (exact) mass is 287 g/mol. The van der Waals surface area contributed by atoms with E-state index >= 15 is 0 Å². The molecule has 1 nitrogen and oxygen atoms in total. The maximum absolute atomic E-state index is 5.50. The van der Waals surface area contributed by atoms with Crippen LogP contribution in [-0.4, -0.2) is 6.54 Å². The molecule has 0 heterocycles. The van der Waals surface area contributed by atoms with Crippen molar-refractivity contribution in [2.45, 2.75) is 60.3 Å². The summed E-state index contributed by atoms with van der Waals surface area (Å²) >= 11 is 0. The first-order valence-corrected chi connectivity index (χ1v) is 8.28. The van der Waals surface area contributed by atoms with Gasteiger partial charge in [-0.05, 0) is 56.4 Å². The SMILES string of the molecule is CC1=C(/C=C/C(C)C/C=C/C(C)=C/CN)C(C)(C)CCC1. The van der Waals surface area contributed by atoms with E-state index in [0.717, 1.165) is 6.42 Å². The fourth-order valence-electron chi connectivity index (χ4n) is 3.07. The molecule has 1 atom stereocenters. The van der Waals surface area contributed by atoms with Crippen molar-refractivity contribution in [3.05, 3.63) is 47.1 Å². The Bertz CT molecular complexity index is 446. The fourth-order valence-corrected chi connectivity index (χ4v) is 3.07. The van der Waals surface area contributed by atoms with Gasteiger partial charge in [0.15, 0.2) is 0 Å². The molecule has 0 saturated carbocycles. The number of allylic oxidation sites excluding steroid dienone is 7. The average Bonchev–Trinajstić information content (AvgIpc) is 2.37. The molecule has 0 aromatic rings. The Balaban J connectivity index is 2.61. The Morgan fingerprint density at radius 2 is 2.10 bits per heavy atom. The summed E-state index contributed by atoms with van der Waals surface area (Å²) in [6.45, 7) is 12.1. The van der Waals surface area contributed by atoms with Crippen molar-refractivity contribution in [1.29, 1.82) is 0 Å².